The van der Waals surface area contributed by atoms with Crippen LogP contribution >= 0.6 is 0 Å². The maximum atomic E-state index is 6.28. The van der Waals surface area contributed by atoms with Crippen LogP contribution in [0.25, 0.3) is 0 Å². The molecule has 1 aliphatic heterocycles. The Kier molecular flexibility index (Phi) is 4.94. The summed E-state index contributed by atoms with van der Waals surface area (Å²) in [5.74, 6) is 0. The topological polar surface area (TPSA) is 29.3 Å². The molecule has 0 amide bonds. The first-order valence-corrected chi connectivity index (χ1v) is 8.50. The summed E-state index contributed by atoms with van der Waals surface area (Å²) in [6.45, 7) is 9.36. The zero-order chi connectivity index (χ0) is 13.9. The lowest BCUT2D eigenvalue weighted by molar-refractivity contribution is -0.00671. The Bertz CT molecular complexity index is 275. The van der Waals surface area contributed by atoms with E-state index in [0.29, 0.717) is 11.0 Å². The average Bonchev–Trinajstić information content (AvgIpc) is 2.65. The van der Waals surface area contributed by atoms with Crippen LogP contribution in [0.1, 0.15) is 78.6 Å². The molecule has 0 bridgehead atoms. The van der Waals surface area contributed by atoms with Gasteiger partial charge in [0, 0.05) is 18.1 Å². The van der Waals surface area contributed by atoms with E-state index in [0.717, 1.165) is 12.6 Å². The van der Waals surface area contributed by atoms with Crippen molar-refractivity contribution in [3.8, 4) is 0 Å². The number of hydrogen-bond donors (Lipinski definition) is 1. The highest BCUT2D eigenvalue weighted by Crippen LogP contribution is 2.44. The van der Waals surface area contributed by atoms with Crippen LogP contribution in [0.2, 0.25) is 0 Å². The molecule has 0 spiro atoms. The van der Waals surface area contributed by atoms with Gasteiger partial charge in [-0.3, -0.25) is 4.90 Å². The number of hydrogen-bond acceptors (Lipinski definition) is 2. The lowest BCUT2D eigenvalue weighted by atomic mass is 9.68. The van der Waals surface area contributed by atoms with Gasteiger partial charge in [-0.2, -0.15) is 0 Å². The van der Waals surface area contributed by atoms with Crippen LogP contribution in [-0.4, -0.2) is 29.6 Å². The summed E-state index contributed by atoms with van der Waals surface area (Å²) in [5.41, 5.74) is 7.14. The van der Waals surface area contributed by atoms with Crippen molar-refractivity contribution in [3.05, 3.63) is 0 Å². The Morgan fingerprint density at radius 1 is 1.05 bits per heavy atom. The zero-order valence-electron chi connectivity index (χ0n) is 13.4. The molecule has 1 unspecified atom stereocenters. The maximum Gasteiger partial charge on any atom is 0.0335 e. The largest absolute Gasteiger partial charge is 0.329 e. The Balaban J connectivity index is 2.14. The van der Waals surface area contributed by atoms with Crippen LogP contribution < -0.4 is 5.73 Å². The van der Waals surface area contributed by atoms with E-state index in [1.807, 2.05) is 0 Å². The summed E-state index contributed by atoms with van der Waals surface area (Å²) in [4.78, 5) is 2.84. The molecule has 0 aromatic carbocycles. The Morgan fingerprint density at radius 3 is 2.32 bits per heavy atom. The molecule has 2 rings (SSSR count). The number of likely N-dealkylation sites (tertiary alicyclic amines) is 1. The second kappa shape index (κ2) is 6.13. The number of nitrogens with two attached hydrogens (primary N) is 1. The molecule has 1 saturated carbocycles. The molecule has 0 aromatic heterocycles. The molecule has 1 heterocycles. The fraction of sp³-hybridized carbons (Fsp3) is 1.00. The van der Waals surface area contributed by atoms with Crippen molar-refractivity contribution in [2.75, 3.05) is 13.1 Å². The van der Waals surface area contributed by atoms with Gasteiger partial charge in [0.2, 0.25) is 0 Å². The van der Waals surface area contributed by atoms with Crippen LogP contribution in [0, 0.1) is 5.41 Å². The molecular formula is C17H34N2. The van der Waals surface area contributed by atoms with Crippen LogP contribution in [0.3, 0.4) is 0 Å². The first kappa shape index (κ1) is 15.3. The summed E-state index contributed by atoms with van der Waals surface area (Å²) in [5, 5.41) is 0. The third-order valence-corrected chi connectivity index (χ3v) is 5.87. The monoisotopic (exact) mass is 266 g/mol. The lowest BCUT2D eigenvalue weighted by Gasteiger charge is -2.52. The fourth-order valence-corrected chi connectivity index (χ4v) is 4.23. The van der Waals surface area contributed by atoms with Gasteiger partial charge in [-0.1, -0.05) is 33.6 Å². The van der Waals surface area contributed by atoms with Crippen molar-refractivity contribution in [2.45, 2.75) is 90.1 Å². The molecule has 2 nitrogen and oxygen atoms in total. The highest BCUT2D eigenvalue weighted by Gasteiger charge is 2.43. The average molecular weight is 266 g/mol. The summed E-state index contributed by atoms with van der Waals surface area (Å²) in [6, 6.07) is 0.785. The molecule has 2 aliphatic rings. The van der Waals surface area contributed by atoms with Gasteiger partial charge in [0.15, 0.2) is 0 Å². The van der Waals surface area contributed by atoms with E-state index in [1.165, 1.54) is 64.3 Å². The highest BCUT2D eigenvalue weighted by atomic mass is 15.2. The van der Waals surface area contributed by atoms with Crippen molar-refractivity contribution in [1.82, 2.24) is 4.90 Å². The van der Waals surface area contributed by atoms with Gasteiger partial charge in [-0.25, -0.2) is 0 Å². The minimum absolute atomic E-state index is 0.320. The molecule has 2 N–H and O–H groups in total. The molecule has 0 radical (unpaired) electrons. The van der Waals surface area contributed by atoms with Crippen molar-refractivity contribution >= 4 is 0 Å². The third-order valence-electron chi connectivity index (χ3n) is 5.87. The van der Waals surface area contributed by atoms with E-state index >= 15 is 0 Å². The normalized spacial score (nSPS) is 31.9. The standard InChI is InChI=1S/C17H34N2/c1-4-15-8-6-5-7-13-19(15)17(14-18)11-9-16(2,3)10-12-17/h15H,4-14,18H2,1-3H3. The van der Waals surface area contributed by atoms with E-state index in [2.05, 4.69) is 25.7 Å². The number of rotatable bonds is 3. The Morgan fingerprint density at radius 2 is 1.74 bits per heavy atom. The second-order valence-corrected chi connectivity index (χ2v) is 7.70. The van der Waals surface area contributed by atoms with Crippen LogP contribution in [0.5, 0.6) is 0 Å². The molecule has 1 aliphatic carbocycles. The summed E-state index contributed by atoms with van der Waals surface area (Å²) in [6.07, 6.45) is 12.2. The van der Waals surface area contributed by atoms with Gasteiger partial charge in [0.25, 0.3) is 0 Å². The van der Waals surface area contributed by atoms with E-state index in [4.69, 9.17) is 5.73 Å². The maximum absolute atomic E-state index is 6.28. The van der Waals surface area contributed by atoms with Crippen LogP contribution in [0.4, 0.5) is 0 Å². The predicted octanol–water partition coefficient (Wildman–Crippen LogP) is 3.94. The summed E-state index contributed by atoms with van der Waals surface area (Å²) in [7, 11) is 0. The molecule has 2 fully saturated rings. The van der Waals surface area contributed by atoms with Gasteiger partial charge in [-0.05, 0) is 56.9 Å². The van der Waals surface area contributed by atoms with Gasteiger partial charge < -0.3 is 5.73 Å². The molecule has 0 aromatic rings. The van der Waals surface area contributed by atoms with E-state index in [1.54, 1.807) is 0 Å². The van der Waals surface area contributed by atoms with E-state index in [-0.39, 0.29) is 0 Å². The molecular weight excluding hydrogens is 232 g/mol. The first-order valence-electron chi connectivity index (χ1n) is 8.50. The van der Waals surface area contributed by atoms with Crippen molar-refractivity contribution < 1.29 is 0 Å². The van der Waals surface area contributed by atoms with Crippen molar-refractivity contribution in [3.63, 3.8) is 0 Å². The van der Waals surface area contributed by atoms with Crippen LogP contribution in [0.15, 0.2) is 0 Å². The highest BCUT2D eigenvalue weighted by molar-refractivity contribution is 5.00. The minimum Gasteiger partial charge on any atom is -0.329 e. The smallest absolute Gasteiger partial charge is 0.0335 e. The van der Waals surface area contributed by atoms with Gasteiger partial charge in [-0.15, -0.1) is 0 Å². The molecule has 112 valence electrons. The second-order valence-electron chi connectivity index (χ2n) is 7.70. The SMILES string of the molecule is CCC1CCCCCN1C1(CN)CCC(C)(C)CC1. The predicted molar refractivity (Wildman–Crippen MR) is 83.3 cm³/mol. The first-order chi connectivity index (χ1) is 9.03. The van der Waals surface area contributed by atoms with Crippen LogP contribution in [-0.2, 0) is 0 Å². The molecule has 19 heavy (non-hydrogen) atoms. The fourth-order valence-electron chi connectivity index (χ4n) is 4.23. The van der Waals surface area contributed by atoms with Gasteiger partial charge in [0.1, 0.15) is 0 Å². The molecule has 1 saturated heterocycles. The molecule has 1 atom stereocenters. The Hall–Kier alpha value is -0.0800. The minimum atomic E-state index is 0.320. The molecule has 2 heteroatoms. The van der Waals surface area contributed by atoms with Crippen molar-refractivity contribution in [2.24, 2.45) is 11.1 Å². The Labute approximate surface area is 120 Å². The summed E-state index contributed by atoms with van der Waals surface area (Å²) >= 11 is 0. The van der Waals surface area contributed by atoms with E-state index in [9.17, 15) is 0 Å². The van der Waals surface area contributed by atoms with Gasteiger partial charge in [0.05, 0.1) is 0 Å². The van der Waals surface area contributed by atoms with E-state index < -0.39 is 0 Å². The van der Waals surface area contributed by atoms with Crippen molar-refractivity contribution in [1.29, 1.82) is 0 Å². The third kappa shape index (κ3) is 3.33. The quantitative estimate of drug-likeness (QED) is 0.838. The lowest BCUT2D eigenvalue weighted by Crippen LogP contribution is -2.59. The summed E-state index contributed by atoms with van der Waals surface area (Å²) < 4.78 is 0. The van der Waals surface area contributed by atoms with Gasteiger partial charge >= 0.3 is 0 Å². The zero-order valence-corrected chi connectivity index (χ0v) is 13.4. The number of nitrogens with zero attached hydrogens (tertiary/aromatic N) is 1.